The largest absolute Gasteiger partial charge is 0.497 e. The molecule has 0 aromatic heterocycles. The smallest absolute Gasteiger partial charge is 0.255 e. The number of benzene rings is 2. The minimum atomic E-state index is -0.161. The quantitative estimate of drug-likeness (QED) is 0.787. The summed E-state index contributed by atoms with van der Waals surface area (Å²) in [5.74, 6) is 1.01. The van der Waals surface area contributed by atoms with E-state index >= 15 is 0 Å². The van der Waals surface area contributed by atoms with Gasteiger partial charge in [-0.1, -0.05) is 24.3 Å². The number of likely N-dealkylation sites (tertiary alicyclic amines) is 1. The van der Waals surface area contributed by atoms with Gasteiger partial charge in [0.1, 0.15) is 18.0 Å². The van der Waals surface area contributed by atoms with Crippen LogP contribution in [0.3, 0.4) is 0 Å². The van der Waals surface area contributed by atoms with Crippen molar-refractivity contribution in [3.63, 3.8) is 0 Å². The van der Waals surface area contributed by atoms with Gasteiger partial charge in [-0.3, -0.25) is 4.79 Å². The van der Waals surface area contributed by atoms with Crippen LogP contribution < -0.4 is 19.7 Å². The first-order valence-electron chi connectivity index (χ1n) is 9.62. The number of methoxy groups -OCH3 is 2. The number of nitrogens with one attached hydrogen (secondary N) is 2. The van der Waals surface area contributed by atoms with Crippen LogP contribution in [0.15, 0.2) is 42.5 Å². The SMILES string of the molecule is COc1ccc(OC)c(C(=O)NCc2ccccc2C[NH+]2CCCCC2)c1. The molecular weight excluding hydrogens is 340 g/mol. The average molecular weight is 369 g/mol. The van der Waals surface area contributed by atoms with Crippen molar-refractivity contribution in [2.75, 3.05) is 27.3 Å². The van der Waals surface area contributed by atoms with E-state index in [0.717, 1.165) is 6.54 Å². The molecule has 0 saturated carbocycles. The van der Waals surface area contributed by atoms with Gasteiger partial charge in [0.25, 0.3) is 5.91 Å². The molecule has 1 aliphatic rings. The third kappa shape index (κ3) is 5.01. The van der Waals surface area contributed by atoms with Crippen molar-refractivity contribution in [2.45, 2.75) is 32.4 Å². The van der Waals surface area contributed by atoms with Crippen molar-refractivity contribution in [1.29, 1.82) is 0 Å². The number of amides is 1. The number of piperidine rings is 1. The molecule has 0 unspecified atom stereocenters. The van der Waals surface area contributed by atoms with Crippen molar-refractivity contribution in [1.82, 2.24) is 5.32 Å². The number of hydrogen-bond donors (Lipinski definition) is 2. The van der Waals surface area contributed by atoms with Gasteiger partial charge >= 0.3 is 0 Å². The lowest BCUT2D eigenvalue weighted by atomic mass is 10.0. The zero-order chi connectivity index (χ0) is 19.1. The highest BCUT2D eigenvalue weighted by Crippen LogP contribution is 2.24. The number of carbonyl (C=O) groups excluding carboxylic acids is 1. The zero-order valence-corrected chi connectivity index (χ0v) is 16.2. The zero-order valence-electron chi connectivity index (χ0n) is 16.2. The molecular formula is C22H29N2O3+. The van der Waals surface area contributed by atoms with E-state index in [4.69, 9.17) is 9.47 Å². The maximum atomic E-state index is 12.7. The predicted octanol–water partition coefficient (Wildman–Crippen LogP) is 2.20. The first-order valence-corrected chi connectivity index (χ1v) is 9.62. The summed E-state index contributed by atoms with van der Waals surface area (Å²) in [4.78, 5) is 14.3. The molecule has 1 aliphatic heterocycles. The fourth-order valence-corrected chi connectivity index (χ4v) is 3.66. The van der Waals surface area contributed by atoms with Crippen LogP contribution in [0.4, 0.5) is 0 Å². The van der Waals surface area contributed by atoms with Crippen LogP contribution >= 0.6 is 0 Å². The summed E-state index contributed by atoms with van der Waals surface area (Å²) in [6.07, 6.45) is 3.97. The Morgan fingerprint density at radius 3 is 2.44 bits per heavy atom. The van der Waals surface area contributed by atoms with Gasteiger partial charge in [0.2, 0.25) is 0 Å². The van der Waals surface area contributed by atoms with Gasteiger partial charge in [0, 0.05) is 12.1 Å². The van der Waals surface area contributed by atoms with Crippen molar-refractivity contribution in [2.24, 2.45) is 0 Å². The normalized spacial score (nSPS) is 14.6. The van der Waals surface area contributed by atoms with Gasteiger partial charge in [0.15, 0.2) is 0 Å². The second-order valence-corrected chi connectivity index (χ2v) is 7.01. The minimum absolute atomic E-state index is 0.161. The van der Waals surface area contributed by atoms with E-state index in [1.165, 1.54) is 43.5 Å². The van der Waals surface area contributed by atoms with Crippen LogP contribution in [0.25, 0.3) is 0 Å². The molecule has 5 nitrogen and oxygen atoms in total. The summed E-state index contributed by atoms with van der Waals surface area (Å²) in [6.45, 7) is 4.00. The standard InChI is InChI=1S/C22H28N2O3/c1-26-19-10-11-21(27-2)20(14-19)22(25)23-15-17-8-4-5-9-18(17)16-24-12-6-3-7-13-24/h4-5,8-11,14H,3,6-7,12-13,15-16H2,1-2H3,(H,23,25)/p+1. The third-order valence-electron chi connectivity index (χ3n) is 5.21. The number of quaternary nitrogens is 1. The summed E-state index contributed by atoms with van der Waals surface area (Å²) in [7, 11) is 3.15. The fourth-order valence-electron chi connectivity index (χ4n) is 3.66. The van der Waals surface area contributed by atoms with Crippen LogP contribution in [0.5, 0.6) is 11.5 Å². The second kappa shape index (κ2) is 9.42. The van der Waals surface area contributed by atoms with E-state index in [-0.39, 0.29) is 5.91 Å². The highest BCUT2D eigenvalue weighted by molar-refractivity contribution is 5.97. The van der Waals surface area contributed by atoms with Crippen molar-refractivity contribution in [3.8, 4) is 11.5 Å². The van der Waals surface area contributed by atoms with E-state index in [9.17, 15) is 4.79 Å². The molecule has 1 saturated heterocycles. The average Bonchev–Trinajstić information content (AvgIpc) is 2.73. The first kappa shape index (κ1) is 19.2. The van der Waals surface area contributed by atoms with Gasteiger partial charge in [0.05, 0.1) is 32.9 Å². The molecule has 2 aromatic rings. The van der Waals surface area contributed by atoms with E-state index in [1.54, 1.807) is 37.3 Å². The Morgan fingerprint density at radius 2 is 1.74 bits per heavy atom. The monoisotopic (exact) mass is 369 g/mol. The number of ether oxygens (including phenoxy) is 2. The molecule has 27 heavy (non-hydrogen) atoms. The van der Waals surface area contributed by atoms with E-state index in [2.05, 4.69) is 23.5 Å². The maximum absolute atomic E-state index is 12.7. The predicted molar refractivity (Wildman–Crippen MR) is 105 cm³/mol. The molecule has 1 heterocycles. The lowest BCUT2D eigenvalue weighted by molar-refractivity contribution is -0.918. The summed E-state index contributed by atoms with van der Waals surface area (Å²) in [6, 6.07) is 13.6. The summed E-state index contributed by atoms with van der Waals surface area (Å²) in [5.41, 5.74) is 2.97. The third-order valence-corrected chi connectivity index (χ3v) is 5.21. The number of carbonyl (C=O) groups is 1. The molecule has 5 heteroatoms. The van der Waals surface area contributed by atoms with E-state index in [0.29, 0.717) is 23.6 Å². The molecule has 2 aromatic carbocycles. The van der Waals surface area contributed by atoms with E-state index in [1.807, 2.05) is 6.07 Å². The molecule has 0 radical (unpaired) electrons. The highest BCUT2D eigenvalue weighted by atomic mass is 16.5. The molecule has 3 rings (SSSR count). The lowest BCUT2D eigenvalue weighted by Crippen LogP contribution is -3.11. The topological polar surface area (TPSA) is 52.0 Å². The fraction of sp³-hybridized carbons (Fsp3) is 0.409. The molecule has 0 atom stereocenters. The van der Waals surface area contributed by atoms with Gasteiger partial charge in [-0.25, -0.2) is 0 Å². The number of hydrogen-bond acceptors (Lipinski definition) is 3. The minimum Gasteiger partial charge on any atom is -0.497 e. The Bertz CT molecular complexity index is 770. The molecule has 1 amide bonds. The molecule has 0 aliphatic carbocycles. The van der Waals surface area contributed by atoms with Gasteiger partial charge in [-0.15, -0.1) is 0 Å². The highest BCUT2D eigenvalue weighted by Gasteiger charge is 2.17. The van der Waals surface area contributed by atoms with Crippen LogP contribution in [0, 0.1) is 0 Å². The van der Waals surface area contributed by atoms with Gasteiger partial charge in [-0.05, 0) is 43.0 Å². The summed E-state index contributed by atoms with van der Waals surface area (Å²) < 4.78 is 10.6. The van der Waals surface area contributed by atoms with Gasteiger partial charge < -0.3 is 19.7 Å². The first-order chi connectivity index (χ1) is 13.2. The van der Waals surface area contributed by atoms with Crippen LogP contribution in [0.2, 0.25) is 0 Å². The Hall–Kier alpha value is -2.53. The maximum Gasteiger partial charge on any atom is 0.255 e. The molecule has 0 spiro atoms. The van der Waals surface area contributed by atoms with Crippen molar-refractivity contribution >= 4 is 5.91 Å². The van der Waals surface area contributed by atoms with Crippen molar-refractivity contribution in [3.05, 3.63) is 59.2 Å². The van der Waals surface area contributed by atoms with E-state index < -0.39 is 0 Å². The molecule has 1 fully saturated rings. The van der Waals surface area contributed by atoms with Crippen LogP contribution in [-0.2, 0) is 13.1 Å². The van der Waals surface area contributed by atoms with Gasteiger partial charge in [-0.2, -0.15) is 0 Å². The molecule has 2 N–H and O–H groups in total. The Morgan fingerprint density at radius 1 is 1.00 bits per heavy atom. The number of rotatable bonds is 7. The van der Waals surface area contributed by atoms with Crippen LogP contribution in [0.1, 0.15) is 40.7 Å². The molecule has 144 valence electrons. The molecule has 0 bridgehead atoms. The Kier molecular flexibility index (Phi) is 6.71. The Balaban J connectivity index is 1.69. The van der Waals surface area contributed by atoms with Crippen LogP contribution in [-0.4, -0.2) is 33.2 Å². The Labute approximate surface area is 161 Å². The summed E-state index contributed by atoms with van der Waals surface area (Å²) >= 11 is 0. The second-order valence-electron chi connectivity index (χ2n) is 7.01. The lowest BCUT2D eigenvalue weighted by Gasteiger charge is -2.24. The van der Waals surface area contributed by atoms with Crippen molar-refractivity contribution < 1.29 is 19.2 Å². The summed E-state index contributed by atoms with van der Waals surface area (Å²) in [5, 5.41) is 3.04.